The van der Waals surface area contributed by atoms with Gasteiger partial charge in [0.05, 0.1) is 18.0 Å². The molecule has 0 atom stereocenters. The van der Waals surface area contributed by atoms with Crippen LogP contribution in [-0.2, 0) is 0 Å². The molecule has 3 rings (SSSR count). The number of amides is 1. The SMILES string of the molecule is CC(C)Oc1ccccc1NC(=O)c1cnoc1-c1ccccc1. The molecule has 3 aromatic rings. The standard InChI is InChI=1S/C19H18N2O3/c1-13(2)23-17-11-7-6-10-16(17)21-19(22)15-12-20-24-18(15)14-8-4-3-5-9-14/h3-13H,1-2H3,(H,21,22). The fraction of sp³-hybridized carbons (Fsp3) is 0.158. The second kappa shape index (κ2) is 7.00. The highest BCUT2D eigenvalue weighted by molar-refractivity contribution is 6.08. The van der Waals surface area contributed by atoms with Crippen LogP contribution in [0.15, 0.2) is 65.3 Å². The predicted molar refractivity (Wildman–Crippen MR) is 92.1 cm³/mol. The summed E-state index contributed by atoms with van der Waals surface area (Å²) in [7, 11) is 0. The number of para-hydroxylation sites is 2. The van der Waals surface area contributed by atoms with E-state index in [1.54, 1.807) is 6.07 Å². The van der Waals surface area contributed by atoms with Gasteiger partial charge in [0.15, 0.2) is 5.76 Å². The number of nitrogens with one attached hydrogen (secondary N) is 1. The maximum absolute atomic E-state index is 12.6. The van der Waals surface area contributed by atoms with Gasteiger partial charge in [-0.2, -0.15) is 0 Å². The van der Waals surface area contributed by atoms with Crippen LogP contribution in [0.3, 0.4) is 0 Å². The normalized spacial score (nSPS) is 10.6. The van der Waals surface area contributed by atoms with E-state index in [0.29, 0.717) is 22.8 Å². The summed E-state index contributed by atoms with van der Waals surface area (Å²) >= 11 is 0. The number of hydrogen-bond donors (Lipinski definition) is 1. The molecule has 1 N–H and O–H groups in total. The summed E-state index contributed by atoms with van der Waals surface area (Å²) in [5.74, 6) is 0.767. The van der Waals surface area contributed by atoms with Crippen LogP contribution in [0.25, 0.3) is 11.3 Å². The van der Waals surface area contributed by atoms with E-state index in [4.69, 9.17) is 9.26 Å². The highest BCUT2D eigenvalue weighted by Gasteiger charge is 2.19. The minimum absolute atomic E-state index is 0.0125. The van der Waals surface area contributed by atoms with Gasteiger partial charge in [0, 0.05) is 5.56 Å². The van der Waals surface area contributed by atoms with Crippen molar-refractivity contribution in [3.05, 3.63) is 66.4 Å². The first-order valence-electron chi connectivity index (χ1n) is 7.72. The Morgan fingerprint density at radius 2 is 1.79 bits per heavy atom. The van der Waals surface area contributed by atoms with Crippen LogP contribution in [0.4, 0.5) is 5.69 Å². The van der Waals surface area contributed by atoms with Gasteiger partial charge in [-0.05, 0) is 26.0 Å². The first-order valence-corrected chi connectivity index (χ1v) is 7.72. The molecule has 0 saturated carbocycles. The third-order valence-electron chi connectivity index (χ3n) is 3.35. The lowest BCUT2D eigenvalue weighted by molar-refractivity contribution is 0.102. The number of carbonyl (C=O) groups is 1. The molecule has 24 heavy (non-hydrogen) atoms. The third kappa shape index (κ3) is 3.46. The smallest absolute Gasteiger partial charge is 0.261 e. The largest absolute Gasteiger partial charge is 0.489 e. The number of hydrogen-bond acceptors (Lipinski definition) is 4. The Kier molecular flexibility index (Phi) is 4.61. The molecule has 5 nitrogen and oxygen atoms in total. The molecule has 5 heteroatoms. The minimum Gasteiger partial charge on any atom is -0.489 e. The van der Waals surface area contributed by atoms with Crippen molar-refractivity contribution in [3.63, 3.8) is 0 Å². The lowest BCUT2D eigenvalue weighted by Gasteiger charge is -2.14. The van der Waals surface area contributed by atoms with Gasteiger partial charge in [-0.25, -0.2) is 0 Å². The zero-order valence-electron chi connectivity index (χ0n) is 13.5. The average molecular weight is 322 g/mol. The van der Waals surface area contributed by atoms with Gasteiger partial charge in [-0.1, -0.05) is 47.6 Å². The molecule has 0 aliphatic carbocycles. The Morgan fingerprint density at radius 1 is 1.08 bits per heavy atom. The molecule has 0 bridgehead atoms. The van der Waals surface area contributed by atoms with Gasteiger partial charge in [-0.3, -0.25) is 4.79 Å². The molecule has 0 saturated heterocycles. The fourth-order valence-corrected chi connectivity index (χ4v) is 2.32. The molecular formula is C19H18N2O3. The molecule has 1 aromatic heterocycles. The number of rotatable bonds is 5. The van der Waals surface area contributed by atoms with Crippen molar-refractivity contribution in [1.29, 1.82) is 0 Å². The summed E-state index contributed by atoms with van der Waals surface area (Å²) in [6.07, 6.45) is 1.43. The molecule has 0 radical (unpaired) electrons. The first kappa shape index (κ1) is 15.8. The Morgan fingerprint density at radius 3 is 2.54 bits per heavy atom. The van der Waals surface area contributed by atoms with E-state index in [2.05, 4.69) is 10.5 Å². The van der Waals surface area contributed by atoms with Gasteiger partial charge < -0.3 is 14.6 Å². The molecule has 2 aromatic carbocycles. The van der Waals surface area contributed by atoms with Crippen LogP contribution in [0.5, 0.6) is 5.75 Å². The molecule has 1 amide bonds. The summed E-state index contributed by atoms with van der Waals surface area (Å²) in [5.41, 5.74) is 1.78. The molecule has 0 unspecified atom stereocenters. The minimum atomic E-state index is -0.296. The van der Waals surface area contributed by atoms with E-state index < -0.39 is 0 Å². The van der Waals surface area contributed by atoms with Gasteiger partial charge >= 0.3 is 0 Å². The van der Waals surface area contributed by atoms with E-state index in [0.717, 1.165) is 5.56 Å². The summed E-state index contributed by atoms with van der Waals surface area (Å²) in [4.78, 5) is 12.6. The lowest BCUT2D eigenvalue weighted by Crippen LogP contribution is -2.14. The number of ether oxygens (including phenoxy) is 1. The summed E-state index contributed by atoms with van der Waals surface area (Å²) < 4.78 is 11.0. The quantitative estimate of drug-likeness (QED) is 0.757. The molecule has 0 fully saturated rings. The Bertz CT molecular complexity index is 825. The van der Waals surface area contributed by atoms with E-state index in [1.165, 1.54) is 6.20 Å². The number of nitrogens with zero attached hydrogens (tertiary/aromatic N) is 1. The van der Waals surface area contributed by atoms with Crippen molar-refractivity contribution in [2.24, 2.45) is 0 Å². The van der Waals surface area contributed by atoms with Gasteiger partial charge in [-0.15, -0.1) is 0 Å². The van der Waals surface area contributed by atoms with Crippen LogP contribution in [0, 0.1) is 0 Å². The Balaban J connectivity index is 1.86. The predicted octanol–water partition coefficient (Wildman–Crippen LogP) is 4.38. The summed E-state index contributed by atoms with van der Waals surface area (Å²) in [6.45, 7) is 3.87. The summed E-state index contributed by atoms with van der Waals surface area (Å²) in [6, 6.07) is 16.7. The highest BCUT2D eigenvalue weighted by Crippen LogP contribution is 2.28. The van der Waals surface area contributed by atoms with E-state index in [-0.39, 0.29) is 12.0 Å². The van der Waals surface area contributed by atoms with Crippen LogP contribution in [0.2, 0.25) is 0 Å². The lowest BCUT2D eigenvalue weighted by atomic mass is 10.1. The number of anilines is 1. The molecule has 0 aliphatic heterocycles. The topological polar surface area (TPSA) is 64.4 Å². The monoisotopic (exact) mass is 322 g/mol. The highest BCUT2D eigenvalue weighted by atomic mass is 16.5. The van der Waals surface area contributed by atoms with Crippen molar-refractivity contribution in [2.45, 2.75) is 20.0 Å². The van der Waals surface area contributed by atoms with E-state index in [9.17, 15) is 4.79 Å². The van der Waals surface area contributed by atoms with Crippen molar-refractivity contribution >= 4 is 11.6 Å². The average Bonchev–Trinajstić information content (AvgIpc) is 3.07. The zero-order valence-corrected chi connectivity index (χ0v) is 13.5. The Hall–Kier alpha value is -3.08. The van der Waals surface area contributed by atoms with E-state index in [1.807, 2.05) is 62.4 Å². The van der Waals surface area contributed by atoms with Crippen LogP contribution < -0.4 is 10.1 Å². The van der Waals surface area contributed by atoms with Gasteiger partial charge in [0.2, 0.25) is 0 Å². The molecular weight excluding hydrogens is 304 g/mol. The van der Waals surface area contributed by atoms with Crippen molar-refractivity contribution in [1.82, 2.24) is 5.16 Å². The first-order chi connectivity index (χ1) is 11.6. The number of aromatic nitrogens is 1. The van der Waals surface area contributed by atoms with Crippen molar-refractivity contribution < 1.29 is 14.1 Å². The molecule has 1 heterocycles. The van der Waals surface area contributed by atoms with Crippen molar-refractivity contribution in [2.75, 3.05) is 5.32 Å². The zero-order chi connectivity index (χ0) is 16.9. The van der Waals surface area contributed by atoms with Gasteiger partial charge in [0.25, 0.3) is 5.91 Å². The van der Waals surface area contributed by atoms with E-state index >= 15 is 0 Å². The molecule has 0 aliphatic rings. The maximum Gasteiger partial charge on any atom is 0.261 e. The number of carbonyl (C=O) groups excluding carboxylic acids is 1. The third-order valence-corrected chi connectivity index (χ3v) is 3.35. The number of benzene rings is 2. The van der Waals surface area contributed by atoms with Crippen LogP contribution in [-0.4, -0.2) is 17.2 Å². The Labute approximate surface area is 140 Å². The second-order valence-electron chi connectivity index (χ2n) is 5.55. The molecule has 122 valence electrons. The maximum atomic E-state index is 12.6. The van der Waals surface area contributed by atoms with Crippen LogP contribution >= 0.6 is 0 Å². The molecule has 0 spiro atoms. The fourth-order valence-electron chi connectivity index (χ4n) is 2.32. The van der Waals surface area contributed by atoms with Gasteiger partial charge in [0.1, 0.15) is 11.3 Å². The van der Waals surface area contributed by atoms with Crippen molar-refractivity contribution in [3.8, 4) is 17.1 Å². The summed E-state index contributed by atoms with van der Waals surface area (Å²) in [5, 5.41) is 6.63. The second-order valence-corrected chi connectivity index (χ2v) is 5.55. The van der Waals surface area contributed by atoms with Crippen LogP contribution in [0.1, 0.15) is 24.2 Å².